The minimum atomic E-state index is -0.0594. The van der Waals surface area contributed by atoms with Crippen LogP contribution in [0, 0.1) is 6.92 Å². The first kappa shape index (κ1) is 15.1. The van der Waals surface area contributed by atoms with Crippen molar-refractivity contribution in [2.24, 2.45) is 0 Å². The number of furan rings is 2. The Balaban J connectivity index is 1.44. The maximum Gasteiger partial charge on any atom is 0.251 e. The highest BCUT2D eigenvalue weighted by Gasteiger charge is 2.13. The van der Waals surface area contributed by atoms with Crippen molar-refractivity contribution in [1.82, 2.24) is 15.5 Å². The molecule has 0 aliphatic carbocycles. The van der Waals surface area contributed by atoms with E-state index in [1.807, 2.05) is 19.1 Å². The molecule has 0 atom stereocenters. The van der Waals surface area contributed by atoms with Crippen LogP contribution < -0.4 is 5.32 Å². The molecule has 120 valence electrons. The summed E-state index contributed by atoms with van der Waals surface area (Å²) in [4.78, 5) is 11.8. The molecule has 7 nitrogen and oxygen atoms in total. The summed E-state index contributed by atoms with van der Waals surface area (Å²) in [5.41, 5.74) is 0.770. The molecular weight excluding hydrogens is 298 g/mol. The van der Waals surface area contributed by atoms with Crippen molar-refractivity contribution in [2.75, 3.05) is 6.54 Å². The van der Waals surface area contributed by atoms with E-state index in [0.29, 0.717) is 37.6 Å². The van der Waals surface area contributed by atoms with Crippen LogP contribution in [-0.2, 0) is 17.6 Å². The highest BCUT2D eigenvalue weighted by molar-refractivity contribution is 5.76. The number of aryl methyl sites for hydroxylation is 2. The van der Waals surface area contributed by atoms with Crippen LogP contribution in [0.2, 0.25) is 0 Å². The fraction of sp³-hybridized carbons (Fsp3) is 0.312. The van der Waals surface area contributed by atoms with E-state index in [2.05, 4.69) is 15.5 Å². The van der Waals surface area contributed by atoms with Crippen molar-refractivity contribution in [3.05, 3.63) is 48.1 Å². The van der Waals surface area contributed by atoms with Crippen molar-refractivity contribution in [1.29, 1.82) is 0 Å². The van der Waals surface area contributed by atoms with Crippen LogP contribution in [-0.4, -0.2) is 22.6 Å². The molecule has 3 heterocycles. The monoisotopic (exact) mass is 315 g/mol. The molecule has 0 unspecified atom stereocenters. The molecule has 0 aliphatic rings. The van der Waals surface area contributed by atoms with Gasteiger partial charge in [0.15, 0.2) is 0 Å². The van der Waals surface area contributed by atoms with Gasteiger partial charge in [-0.05, 0) is 25.1 Å². The summed E-state index contributed by atoms with van der Waals surface area (Å²) in [6.07, 6.45) is 4.55. The van der Waals surface area contributed by atoms with Gasteiger partial charge in [0, 0.05) is 25.8 Å². The Morgan fingerprint density at radius 3 is 2.83 bits per heavy atom. The number of hydrogen-bond acceptors (Lipinski definition) is 6. The molecule has 0 fully saturated rings. The van der Waals surface area contributed by atoms with Gasteiger partial charge >= 0.3 is 0 Å². The Kier molecular flexibility index (Phi) is 4.56. The normalized spacial score (nSPS) is 10.8. The van der Waals surface area contributed by atoms with E-state index in [0.717, 1.165) is 17.1 Å². The lowest BCUT2D eigenvalue weighted by molar-refractivity contribution is -0.121. The molecule has 0 spiro atoms. The number of rotatable bonds is 7. The number of nitrogens with zero attached hydrogens (tertiary/aromatic N) is 2. The molecule has 0 bridgehead atoms. The molecule has 7 heteroatoms. The van der Waals surface area contributed by atoms with Gasteiger partial charge in [-0.25, -0.2) is 0 Å². The largest absolute Gasteiger partial charge is 0.469 e. The van der Waals surface area contributed by atoms with E-state index >= 15 is 0 Å². The van der Waals surface area contributed by atoms with Crippen molar-refractivity contribution in [3.8, 4) is 11.5 Å². The highest BCUT2D eigenvalue weighted by atomic mass is 16.4. The Morgan fingerprint density at radius 1 is 1.17 bits per heavy atom. The van der Waals surface area contributed by atoms with Gasteiger partial charge < -0.3 is 18.6 Å². The zero-order valence-corrected chi connectivity index (χ0v) is 12.7. The molecule has 0 saturated carbocycles. The lowest BCUT2D eigenvalue weighted by Crippen LogP contribution is -2.25. The van der Waals surface area contributed by atoms with Crippen LogP contribution in [0.4, 0.5) is 0 Å². The molecule has 1 amide bonds. The number of hydrogen-bond donors (Lipinski definition) is 1. The Hall–Kier alpha value is -2.83. The number of aromatic nitrogens is 2. The minimum Gasteiger partial charge on any atom is -0.469 e. The van der Waals surface area contributed by atoms with E-state index in [1.165, 1.54) is 0 Å². The summed E-state index contributed by atoms with van der Waals surface area (Å²) in [5.74, 6) is 2.35. The van der Waals surface area contributed by atoms with Gasteiger partial charge in [0.2, 0.25) is 11.8 Å². The van der Waals surface area contributed by atoms with E-state index in [9.17, 15) is 4.79 Å². The summed E-state index contributed by atoms with van der Waals surface area (Å²) < 4.78 is 15.9. The topological polar surface area (TPSA) is 94.3 Å². The van der Waals surface area contributed by atoms with Crippen molar-refractivity contribution in [2.45, 2.75) is 26.2 Å². The predicted octanol–water partition coefficient (Wildman–Crippen LogP) is 2.52. The summed E-state index contributed by atoms with van der Waals surface area (Å²) >= 11 is 0. The average Bonchev–Trinajstić information content (AvgIpc) is 3.26. The second-order valence-electron chi connectivity index (χ2n) is 5.07. The van der Waals surface area contributed by atoms with E-state index in [4.69, 9.17) is 13.3 Å². The zero-order chi connectivity index (χ0) is 16.1. The first-order chi connectivity index (χ1) is 11.2. The summed E-state index contributed by atoms with van der Waals surface area (Å²) in [6, 6.07) is 5.48. The Bertz CT molecular complexity index is 758. The molecule has 0 saturated heterocycles. The van der Waals surface area contributed by atoms with Gasteiger partial charge in [0.1, 0.15) is 11.5 Å². The molecule has 3 aromatic heterocycles. The third-order valence-corrected chi connectivity index (χ3v) is 3.40. The number of nitrogens with one attached hydrogen (secondary N) is 1. The highest BCUT2D eigenvalue weighted by Crippen LogP contribution is 2.22. The van der Waals surface area contributed by atoms with Crippen LogP contribution in [0.1, 0.15) is 23.8 Å². The first-order valence-corrected chi connectivity index (χ1v) is 7.38. The van der Waals surface area contributed by atoms with Crippen molar-refractivity contribution >= 4 is 5.91 Å². The lowest BCUT2D eigenvalue weighted by Gasteiger charge is -2.02. The van der Waals surface area contributed by atoms with Crippen LogP contribution in [0.3, 0.4) is 0 Å². The maximum absolute atomic E-state index is 11.8. The average molecular weight is 315 g/mol. The SMILES string of the molecule is Cc1occc1-c1nnc(CCC(=O)NCCc2ccco2)o1. The molecule has 3 aromatic rings. The zero-order valence-electron chi connectivity index (χ0n) is 12.7. The van der Waals surface area contributed by atoms with Gasteiger partial charge in [-0.2, -0.15) is 0 Å². The van der Waals surface area contributed by atoms with E-state index in [-0.39, 0.29) is 5.91 Å². The van der Waals surface area contributed by atoms with Gasteiger partial charge in [-0.1, -0.05) is 0 Å². The quantitative estimate of drug-likeness (QED) is 0.720. The molecule has 0 radical (unpaired) electrons. The summed E-state index contributed by atoms with van der Waals surface area (Å²) in [5, 5.41) is 10.8. The van der Waals surface area contributed by atoms with Gasteiger partial charge in [-0.15, -0.1) is 10.2 Å². The molecule has 0 aromatic carbocycles. The predicted molar refractivity (Wildman–Crippen MR) is 80.5 cm³/mol. The molecule has 1 N–H and O–H groups in total. The van der Waals surface area contributed by atoms with E-state index in [1.54, 1.807) is 18.6 Å². The lowest BCUT2D eigenvalue weighted by atomic mass is 10.2. The second kappa shape index (κ2) is 6.95. The number of carbonyl (C=O) groups is 1. The van der Waals surface area contributed by atoms with Crippen LogP contribution in [0.5, 0.6) is 0 Å². The second-order valence-corrected chi connectivity index (χ2v) is 5.07. The van der Waals surface area contributed by atoms with Crippen molar-refractivity contribution < 1.29 is 18.0 Å². The molecular formula is C16H17N3O4. The molecule has 0 aliphatic heterocycles. The van der Waals surface area contributed by atoms with Gasteiger partial charge in [0.25, 0.3) is 5.89 Å². The third-order valence-electron chi connectivity index (χ3n) is 3.40. The third kappa shape index (κ3) is 3.88. The van der Waals surface area contributed by atoms with Crippen molar-refractivity contribution in [3.63, 3.8) is 0 Å². The standard InChI is InChI=1S/C16H17N3O4/c1-11-13(7-10-21-11)16-19-18-15(23-16)5-4-14(20)17-8-6-12-3-2-9-22-12/h2-3,7,9-10H,4-6,8H2,1H3,(H,17,20). The summed E-state index contributed by atoms with van der Waals surface area (Å²) in [7, 11) is 0. The fourth-order valence-corrected chi connectivity index (χ4v) is 2.16. The smallest absolute Gasteiger partial charge is 0.251 e. The Labute approximate surface area is 132 Å². The maximum atomic E-state index is 11.8. The first-order valence-electron chi connectivity index (χ1n) is 7.38. The van der Waals surface area contributed by atoms with Gasteiger partial charge in [-0.3, -0.25) is 4.79 Å². The van der Waals surface area contributed by atoms with Crippen LogP contribution in [0.15, 0.2) is 44.0 Å². The number of carbonyl (C=O) groups excluding carboxylic acids is 1. The number of amides is 1. The minimum absolute atomic E-state index is 0.0594. The van der Waals surface area contributed by atoms with Crippen LogP contribution >= 0.6 is 0 Å². The molecule has 3 rings (SSSR count). The summed E-state index contributed by atoms with van der Waals surface area (Å²) in [6.45, 7) is 2.36. The van der Waals surface area contributed by atoms with E-state index < -0.39 is 0 Å². The van der Waals surface area contributed by atoms with Gasteiger partial charge in [0.05, 0.1) is 18.1 Å². The van der Waals surface area contributed by atoms with Crippen LogP contribution in [0.25, 0.3) is 11.5 Å². The Morgan fingerprint density at radius 2 is 2.09 bits per heavy atom. The molecule has 23 heavy (non-hydrogen) atoms. The fourth-order valence-electron chi connectivity index (χ4n) is 2.16.